The summed E-state index contributed by atoms with van der Waals surface area (Å²) in [6.45, 7) is 0. The Hall–Kier alpha value is -4.71. The molecule has 6 heteroatoms. The lowest BCUT2D eigenvalue weighted by Crippen LogP contribution is -1.97. The van der Waals surface area contributed by atoms with Gasteiger partial charge in [-0.15, -0.1) is 0 Å². The SMILES string of the molecule is Oc1ccc(-c2cn3c(O)c(Cc4ccc(F)cc4)nc3c(-c3cccc4ccccc34)n2)cc1. The summed E-state index contributed by atoms with van der Waals surface area (Å²) in [6.07, 6.45) is 2.09. The number of benzene rings is 4. The molecule has 5 nitrogen and oxygen atoms in total. The molecule has 2 aromatic heterocycles. The quantitative estimate of drug-likeness (QED) is 0.321. The van der Waals surface area contributed by atoms with Crippen LogP contribution in [0, 0.1) is 5.82 Å². The summed E-state index contributed by atoms with van der Waals surface area (Å²) in [6, 6.07) is 27.0. The number of phenols is 1. The normalized spacial score (nSPS) is 11.3. The fourth-order valence-electron chi connectivity index (χ4n) is 4.38. The predicted molar refractivity (Wildman–Crippen MR) is 134 cm³/mol. The standard InChI is InChI=1S/C29H20FN3O2/c30-21-12-8-18(9-13-21)16-25-29(35)33-17-26(20-10-14-22(34)15-11-20)31-27(28(33)32-25)24-7-3-5-19-4-1-2-6-23(19)24/h1-15,17,34-35H,16H2. The average molecular weight is 461 g/mol. The third-order valence-electron chi connectivity index (χ3n) is 6.14. The number of phenolic OH excluding ortho intramolecular Hbond substituents is 1. The molecule has 0 bridgehead atoms. The van der Waals surface area contributed by atoms with Crippen LogP contribution in [0.2, 0.25) is 0 Å². The lowest BCUT2D eigenvalue weighted by molar-refractivity contribution is 0.442. The topological polar surface area (TPSA) is 70.7 Å². The van der Waals surface area contributed by atoms with E-state index in [1.165, 1.54) is 12.1 Å². The zero-order chi connectivity index (χ0) is 23.9. The second-order valence-electron chi connectivity index (χ2n) is 8.43. The maximum atomic E-state index is 13.4. The lowest BCUT2D eigenvalue weighted by atomic mass is 10.0. The van der Waals surface area contributed by atoms with Gasteiger partial charge in [0.2, 0.25) is 5.88 Å². The summed E-state index contributed by atoms with van der Waals surface area (Å²) >= 11 is 0. The molecular formula is C29H20FN3O2. The summed E-state index contributed by atoms with van der Waals surface area (Å²) in [7, 11) is 0. The van der Waals surface area contributed by atoms with Crippen LogP contribution >= 0.6 is 0 Å². The van der Waals surface area contributed by atoms with Gasteiger partial charge in [0.1, 0.15) is 23.0 Å². The van der Waals surface area contributed by atoms with Gasteiger partial charge in [-0.05, 0) is 52.7 Å². The van der Waals surface area contributed by atoms with Crippen LogP contribution in [0.3, 0.4) is 0 Å². The van der Waals surface area contributed by atoms with E-state index >= 15 is 0 Å². The summed E-state index contributed by atoms with van der Waals surface area (Å²) in [5, 5.41) is 23.0. The van der Waals surface area contributed by atoms with E-state index in [9.17, 15) is 14.6 Å². The van der Waals surface area contributed by atoms with Crippen molar-refractivity contribution in [2.45, 2.75) is 6.42 Å². The number of hydrogen-bond donors (Lipinski definition) is 2. The number of rotatable bonds is 4. The van der Waals surface area contributed by atoms with Crippen molar-refractivity contribution in [2.75, 3.05) is 0 Å². The maximum Gasteiger partial charge on any atom is 0.219 e. The Kier molecular flexibility index (Phi) is 4.92. The van der Waals surface area contributed by atoms with E-state index in [4.69, 9.17) is 9.97 Å². The Balaban J connectivity index is 1.60. The van der Waals surface area contributed by atoms with Gasteiger partial charge in [0.15, 0.2) is 5.65 Å². The van der Waals surface area contributed by atoms with E-state index in [1.807, 2.05) is 42.5 Å². The van der Waals surface area contributed by atoms with Crippen molar-refractivity contribution in [3.05, 3.63) is 114 Å². The molecule has 0 aliphatic rings. The van der Waals surface area contributed by atoms with Gasteiger partial charge in [0.05, 0.1) is 5.69 Å². The number of nitrogens with zero attached hydrogens (tertiary/aromatic N) is 3. The first-order chi connectivity index (χ1) is 17.1. The monoisotopic (exact) mass is 461 g/mol. The van der Waals surface area contributed by atoms with Gasteiger partial charge in [-0.25, -0.2) is 14.4 Å². The van der Waals surface area contributed by atoms with Gasteiger partial charge in [-0.1, -0.05) is 54.6 Å². The molecule has 4 aromatic carbocycles. The van der Waals surface area contributed by atoms with Gasteiger partial charge >= 0.3 is 0 Å². The number of halogens is 1. The molecular weight excluding hydrogens is 441 g/mol. The minimum absolute atomic E-state index is 0.00763. The molecule has 6 aromatic rings. The van der Waals surface area contributed by atoms with Crippen molar-refractivity contribution in [2.24, 2.45) is 0 Å². The molecule has 0 radical (unpaired) electrons. The maximum absolute atomic E-state index is 13.4. The molecule has 0 amide bonds. The largest absolute Gasteiger partial charge is 0.508 e. The third-order valence-corrected chi connectivity index (χ3v) is 6.14. The van der Waals surface area contributed by atoms with Crippen LogP contribution in [0.4, 0.5) is 4.39 Å². The Morgan fingerprint density at radius 1 is 0.771 bits per heavy atom. The Morgan fingerprint density at radius 2 is 1.51 bits per heavy atom. The third kappa shape index (κ3) is 3.75. The molecule has 0 aliphatic carbocycles. The Bertz CT molecular complexity index is 1690. The molecule has 170 valence electrons. The van der Waals surface area contributed by atoms with Gasteiger partial charge in [0.25, 0.3) is 0 Å². The van der Waals surface area contributed by atoms with Gasteiger partial charge in [-0.3, -0.25) is 4.40 Å². The van der Waals surface area contributed by atoms with Gasteiger partial charge in [0, 0.05) is 23.7 Å². The van der Waals surface area contributed by atoms with E-state index in [0.717, 1.165) is 27.5 Å². The molecule has 0 aliphatic heterocycles. The van der Waals surface area contributed by atoms with Crippen molar-refractivity contribution in [3.8, 4) is 34.1 Å². The fourth-order valence-corrected chi connectivity index (χ4v) is 4.38. The van der Waals surface area contributed by atoms with E-state index in [0.29, 0.717) is 29.1 Å². The lowest BCUT2D eigenvalue weighted by Gasteiger charge is -2.11. The van der Waals surface area contributed by atoms with E-state index in [1.54, 1.807) is 47.0 Å². The molecule has 35 heavy (non-hydrogen) atoms. The summed E-state index contributed by atoms with van der Waals surface area (Å²) < 4.78 is 15.0. The minimum Gasteiger partial charge on any atom is -0.508 e. The molecule has 2 N–H and O–H groups in total. The first-order valence-corrected chi connectivity index (χ1v) is 11.2. The summed E-state index contributed by atoms with van der Waals surface area (Å²) in [4.78, 5) is 9.75. The molecule has 0 fully saturated rings. The zero-order valence-corrected chi connectivity index (χ0v) is 18.6. The number of aromatic nitrogens is 3. The van der Waals surface area contributed by atoms with Crippen LogP contribution in [0.25, 0.3) is 38.9 Å². The predicted octanol–water partition coefficient (Wildman–Crippen LogP) is 6.36. The van der Waals surface area contributed by atoms with Crippen molar-refractivity contribution in [1.82, 2.24) is 14.4 Å². The number of aromatic hydroxyl groups is 2. The van der Waals surface area contributed by atoms with Crippen LogP contribution in [-0.4, -0.2) is 24.6 Å². The molecule has 0 spiro atoms. The zero-order valence-electron chi connectivity index (χ0n) is 18.6. The number of imidazole rings is 1. The highest BCUT2D eigenvalue weighted by molar-refractivity contribution is 5.99. The highest BCUT2D eigenvalue weighted by atomic mass is 19.1. The average Bonchev–Trinajstić information content (AvgIpc) is 3.20. The summed E-state index contributed by atoms with van der Waals surface area (Å²) in [5.41, 5.74) is 4.78. The highest BCUT2D eigenvalue weighted by Crippen LogP contribution is 2.35. The van der Waals surface area contributed by atoms with Gasteiger partial charge in [-0.2, -0.15) is 0 Å². The van der Waals surface area contributed by atoms with Crippen LogP contribution in [0.1, 0.15) is 11.3 Å². The van der Waals surface area contributed by atoms with Crippen LogP contribution in [0.5, 0.6) is 11.6 Å². The molecule has 6 rings (SSSR count). The van der Waals surface area contributed by atoms with E-state index in [2.05, 4.69) is 0 Å². The number of fused-ring (bicyclic) bond motifs is 2. The van der Waals surface area contributed by atoms with Crippen molar-refractivity contribution < 1.29 is 14.6 Å². The van der Waals surface area contributed by atoms with Gasteiger partial charge < -0.3 is 10.2 Å². The summed E-state index contributed by atoms with van der Waals surface area (Å²) in [5.74, 6) is -0.140. The molecule has 0 unspecified atom stereocenters. The van der Waals surface area contributed by atoms with E-state index < -0.39 is 0 Å². The van der Waals surface area contributed by atoms with Crippen LogP contribution in [-0.2, 0) is 6.42 Å². The second kappa shape index (κ2) is 8.25. The Morgan fingerprint density at radius 3 is 2.31 bits per heavy atom. The molecule has 2 heterocycles. The molecule has 0 atom stereocenters. The molecule has 0 saturated heterocycles. The van der Waals surface area contributed by atoms with Crippen molar-refractivity contribution in [3.63, 3.8) is 0 Å². The van der Waals surface area contributed by atoms with Crippen molar-refractivity contribution in [1.29, 1.82) is 0 Å². The minimum atomic E-state index is -0.311. The van der Waals surface area contributed by atoms with Crippen molar-refractivity contribution >= 4 is 16.4 Å². The first kappa shape index (κ1) is 20.9. The van der Waals surface area contributed by atoms with Crippen LogP contribution in [0.15, 0.2) is 97.2 Å². The molecule has 0 saturated carbocycles. The second-order valence-corrected chi connectivity index (χ2v) is 8.43. The smallest absolute Gasteiger partial charge is 0.219 e. The first-order valence-electron chi connectivity index (χ1n) is 11.2. The number of hydrogen-bond acceptors (Lipinski definition) is 4. The fraction of sp³-hybridized carbons (Fsp3) is 0.0345. The van der Waals surface area contributed by atoms with E-state index in [-0.39, 0.29) is 17.4 Å². The van der Waals surface area contributed by atoms with Crippen LogP contribution < -0.4 is 0 Å². The Labute approximate surface area is 200 Å². The highest BCUT2D eigenvalue weighted by Gasteiger charge is 2.20.